The zero-order valence-electron chi connectivity index (χ0n) is 11.1. The molecule has 1 atom stereocenters. The lowest BCUT2D eigenvalue weighted by Crippen LogP contribution is -2.41. The Balaban J connectivity index is 1.79. The number of ether oxygens (including phenoxy) is 1. The van der Waals surface area contributed by atoms with Crippen LogP contribution >= 0.6 is 11.8 Å². The van der Waals surface area contributed by atoms with Crippen LogP contribution in [0.1, 0.15) is 12.0 Å². The highest BCUT2D eigenvalue weighted by Gasteiger charge is 2.16. The maximum Gasteiger partial charge on any atom is 0.221 e. The lowest BCUT2D eigenvalue weighted by molar-refractivity contribution is -0.121. The average Bonchev–Trinajstić information content (AvgIpc) is 2.46. The molecule has 1 heterocycles. The van der Waals surface area contributed by atoms with Crippen molar-refractivity contribution in [3.63, 3.8) is 0 Å². The summed E-state index contributed by atoms with van der Waals surface area (Å²) in [6.45, 7) is 1.51. The molecule has 2 N–H and O–H groups in total. The van der Waals surface area contributed by atoms with Crippen LogP contribution in [0.4, 0.5) is 0 Å². The Morgan fingerprint density at radius 2 is 2.37 bits per heavy atom. The molecule has 5 heteroatoms. The molecule has 0 radical (unpaired) electrons. The molecule has 1 aliphatic heterocycles. The maximum atomic E-state index is 11.9. The summed E-state index contributed by atoms with van der Waals surface area (Å²) in [5.74, 6) is 3.06. The van der Waals surface area contributed by atoms with Gasteiger partial charge in [0, 0.05) is 42.6 Å². The minimum absolute atomic E-state index is 0.0888. The molecule has 1 unspecified atom stereocenters. The molecule has 1 aromatic rings. The minimum Gasteiger partial charge on any atom is -0.496 e. The van der Waals surface area contributed by atoms with Gasteiger partial charge in [0.25, 0.3) is 0 Å². The lowest BCUT2D eigenvalue weighted by atomic mass is 10.2. The van der Waals surface area contributed by atoms with Crippen molar-refractivity contribution in [2.75, 3.05) is 25.2 Å². The van der Waals surface area contributed by atoms with Gasteiger partial charge in [-0.1, -0.05) is 18.2 Å². The zero-order valence-corrected chi connectivity index (χ0v) is 12.0. The highest BCUT2D eigenvalue weighted by molar-refractivity contribution is 7.99. The first-order valence-electron chi connectivity index (χ1n) is 6.49. The second kappa shape index (κ2) is 7.40. The Morgan fingerprint density at radius 1 is 1.53 bits per heavy atom. The largest absolute Gasteiger partial charge is 0.496 e. The number of hydrogen-bond donors (Lipinski definition) is 2. The quantitative estimate of drug-likeness (QED) is 0.856. The summed E-state index contributed by atoms with van der Waals surface area (Å²) in [6.07, 6.45) is 0.544. The van der Waals surface area contributed by atoms with Crippen molar-refractivity contribution in [3.05, 3.63) is 29.8 Å². The summed E-state index contributed by atoms with van der Waals surface area (Å²) < 4.78 is 5.26. The smallest absolute Gasteiger partial charge is 0.221 e. The first-order valence-corrected chi connectivity index (χ1v) is 7.65. The Labute approximate surface area is 118 Å². The van der Waals surface area contributed by atoms with Crippen LogP contribution in [-0.4, -0.2) is 37.1 Å². The van der Waals surface area contributed by atoms with Gasteiger partial charge in [0.1, 0.15) is 5.75 Å². The third-order valence-corrected chi connectivity index (χ3v) is 4.23. The van der Waals surface area contributed by atoms with Crippen LogP contribution in [0.5, 0.6) is 5.75 Å². The molecule has 1 fully saturated rings. The minimum atomic E-state index is 0.0888. The molecule has 0 bridgehead atoms. The molecular formula is C14H20N2O2S. The predicted octanol–water partition coefficient (Wildman–Crippen LogP) is 1.41. The number of amides is 1. The average molecular weight is 280 g/mol. The van der Waals surface area contributed by atoms with E-state index in [-0.39, 0.29) is 5.91 Å². The van der Waals surface area contributed by atoms with Crippen molar-refractivity contribution < 1.29 is 9.53 Å². The number of nitrogens with one attached hydrogen (secondary N) is 2. The molecule has 0 saturated carbocycles. The van der Waals surface area contributed by atoms with Gasteiger partial charge in [0.05, 0.1) is 7.11 Å². The van der Waals surface area contributed by atoms with E-state index in [1.165, 1.54) is 0 Å². The van der Waals surface area contributed by atoms with Crippen LogP contribution < -0.4 is 15.4 Å². The maximum absolute atomic E-state index is 11.9. The highest BCUT2D eigenvalue weighted by Crippen LogP contribution is 2.17. The molecule has 1 saturated heterocycles. The van der Waals surface area contributed by atoms with Gasteiger partial charge in [-0.05, 0) is 6.07 Å². The number of methoxy groups -OCH3 is 1. The SMILES string of the molecule is COc1ccccc1CNC(=O)CC1CSCCN1. The molecule has 1 aliphatic rings. The van der Waals surface area contributed by atoms with Crippen LogP contribution in [0.15, 0.2) is 24.3 Å². The number of rotatable bonds is 5. The second-order valence-corrected chi connectivity index (χ2v) is 5.67. The van der Waals surface area contributed by atoms with Crippen molar-refractivity contribution in [1.82, 2.24) is 10.6 Å². The van der Waals surface area contributed by atoms with E-state index in [0.717, 1.165) is 29.4 Å². The molecule has 0 spiro atoms. The number of hydrogen-bond acceptors (Lipinski definition) is 4. The zero-order chi connectivity index (χ0) is 13.5. The van der Waals surface area contributed by atoms with Crippen molar-refractivity contribution in [1.29, 1.82) is 0 Å². The lowest BCUT2D eigenvalue weighted by Gasteiger charge is -2.22. The van der Waals surface area contributed by atoms with Gasteiger partial charge in [0.15, 0.2) is 0 Å². The molecule has 19 heavy (non-hydrogen) atoms. The normalized spacial score (nSPS) is 18.9. The number of carbonyl (C=O) groups excluding carboxylic acids is 1. The molecule has 1 amide bonds. The van der Waals surface area contributed by atoms with E-state index in [2.05, 4.69) is 10.6 Å². The molecular weight excluding hydrogens is 260 g/mol. The van der Waals surface area contributed by atoms with Crippen LogP contribution in [0.25, 0.3) is 0 Å². The van der Waals surface area contributed by atoms with E-state index in [9.17, 15) is 4.79 Å². The highest BCUT2D eigenvalue weighted by atomic mass is 32.2. The predicted molar refractivity (Wildman–Crippen MR) is 78.6 cm³/mol. The molecule has 1 aromatic carbocycles. The van der Waals surface area contributed by atoms with Crippen LogP contribution in [0.3, 0.4) is 0 Å². The molecule has 2 rings (SSSR count). The van der Waals surface area contributed by atoms with Crippen LogP contribution in [-0.2, 0) is 11.3 Å². The summed E-state index contributed by atoms with van der Waals surface area (Å²) in [5, 5.41) is 6.32. The van der Waals surface area contributed by atoms with Gasteiger partial charge < -0.3 is 15.4 Å². The third kappa shape index (κ3) is 4.44. The number of benzene rings is 1. The van der Waals surface area contributed by atoms with Gasteiger partial charge in [0.2, 0.25) is 5.91 Å². The molecule has 104 valence electrons. The van der Waals surface area contributed by atoms with E-state index in [4.69, 9.17) is 4.74 Å². The van der Waals surface area contributed by atoms with E-state index >= 15 is 0 Å². The number of para-hydroxylation sites is 1. The Hall–Kier alpha value is -1.20. The van der Waals surface area contributed by atoms with Crippen molar-refractivity contribution in [2.45, 2.75) is 19.0 Å². The van der Waals surface area contributed by atoms with Gasteiger partial charge in [-0.3, -0.25) is 4.79 Å². The van der Waals surface area contributed by atoms with Gasteiger partial charge >= 0.3 is 0 Å². The molecule has 0 aromatic heterocycles. The van der Waals surface area contributed by atoms with E-state index in [1.807, 2.05) is 36.0 Å². The van der Waals surface area contributed by atoms with Crippen molar-refractivity contribution in [3.8, 4) is 5.75 Å². The summed E-state index contributed by atoms with van der Waals surface area (Å²) in [5.41, 5.74) is 1.00. The van der Waals surface area contributed by atoms with Crippen molar-refractivity contribution in [2.24, 2.45) is 0 Å². The van der Waals surface area contributed by atoms with Gasteiger partial charge in [-0.2, -0.15) is 11.8 Å². The van der Waals surface area contributed by atoms with E-state index in [0.29, 0.717) is 19.0 Å². The van der Waals surface area contributed by atoms with Crippen LogP contribution in [0.2, 0.25) is 0 Å². The second-order valence-electron chi connectivity index (χ2n) is 4.52. The van der Waals surface area contributed by atoms with E-state index < -0.39 is 0 Å². The summed E-state index contributed by atoms with van der Waals surface area (Å²) in [4.78, 5) is 11.9. The Bertz CT molecular complexity index is 420. The fourth-order valence-electron chi connectivity index (χ4n) is 2.09. The molecule has 4 nitrogen and oxygen atoms in total. The fraction of sp³-hybridized carbons (Fsp3) is 0.500. The van der Waals surface area contributed by atoms with Gasteiger partial charge in [-0.25, -0.2) is 0 Å². The topological polar surface area (TPSA) is 50.4 Å². The van der Waals surface area contributed by atoms with Crippen molar-refractivity contribution >= 4 is 17.7 Å². The standard InChI is InChI=1S/C14H20N2O2S/c1-18-13-5-3-2-4-11(13)9-16-14(17)8-12-10-19-7-6-15-12/h2-5,12,15H,6-10H2,1H3,(H,16,17). The number of carbonyl (C=O) groups is 1. The van der Waals surface area contributed by atoms with Crippen LogP contribution in [0, 0.1) is 0 Å². The molecule has 0 aliphatic carbocycles. The summed E-state index contributed by atoms with van der Waals surface area (Å²) in [6, 6.07) is 8.04. The fourth-order valence-corrected chi connectivity index (χ4v) is 3.04. The third-order valence-electron chi connectivity index (χ3n) is 3.10. The summed E-state index contributed by atoms with van der Waals surface area (Å²) in [7, 11) is 1.64. The first kappa shape index (κ1) is 14.2. The van der Waals surface area contributed by atoms with E-state index in [1.54, 1.807) is 7.11 Å². The monoisotopic (exact) mass is 280 g/mol. The number of thioether (sulfide) groups is 1. The van der Waals surface area contributed by atoms with Gasteiger partial charge in [-0.15, -0.1) is 0 Å². The summed E-state index contributed by atoms with van der Waals surface area (Å²) >= 11 is 1.90. The Morgan fingerprint density at radius 3 is 3.11 bits per heavy atom. The Kier molecular flexibility index (Phi) is 5.54. The first-order chi connectivity index (χ1) is 9.29.